The minimum absolute atomic E-state index is 0.278. The van der Waals surface area contributed by atoms with Gasteiger partial charge in [-0.05, 0) is 30.3 Å². The Balaban J connectivity index is 1.77. The highest BCUT2D eigenvalue weighted by molar-refractivity contribution is 9.10. The Morgan fingerprint density at radius 1 is 1.09 bits per heavy atom. The smallest absolute Gasteiger partial charge is 0.257 e. The number of amides is 1. The lowest BCUT2D eigenvalue weighted by atomic mass is 10.2. The number of carbonyl (C=O) groups excluding carboxylic acids is 1. The summed E-state index contributed by atoms with van der Waals surface area (Å²) in [7, 11) is 0. The van der Waals surface area contributed by atoms with E-state index in [1.807, 2.05) is 29.6 Å². The van der Waals surface area contributed by atoms with Crippen LogP contribution < -0.4 is 5.32 Å². The number of nitrogens with one attached hydrogen (secondary N) is 1. The van der Waals surface area contributed by atoms with Gasteiger partial charge in [0.05, 0.1) is 15.7 Å². The maximum atomic E-state index is 12.2. The van der Waals surface area contributed by atoms with Gasteiger partial charge in [-0.3, -0.25) is 10.1 Å². The summed E-state index contributed by atoms with van der Waals surface area (Å²) >= 11 is 16.5. The maximum absolute atomic E-state index is 12.2. The second kappa shape index (κ2) is 7.01. The Hall–Kier alpha value is -1.40. The number of nitrogens with zero attached hydrogens (tertiary/aromatic N) is 1. The molecule has 0 fully saturated rings. The summed E-state index contributed by atoms with van der Waals surface area (Å²) in [5.41, 5.74) is 2.23. The standard InChI is InChI=1S/C16H9BrCl2N2OS/c17-11-4-1-9(2-5-11)14-8-23-16(20-14)21-15(22)10-3-6-12(18)13(19)7-10/h1-8H,(H,20,21,22). The molecule has 7 heteroatoms. The van der Waals surface area contributed by atoms with Gasteiger partial charge in [-0.1, -0.05) is 51.3 Å². The monoisotopic (exact) mass is 426 g/mol. The van der Waals surface area contributed by atoms with Crippen molar-refractivity contribution in [3.8, 4) is 11.3 Å². The molecule has 2 aromatic carbocycles. The lowest BCUT2D eigenvalue weighted by Gasteiger charge is -2.03. The topological polar surface area (TPSA) is 42.0 Å². The zero-order valence-electron chi connectivity index (χ0n) is 11.5. The van der Waals surface area contributed by atoms with Crippen molar-refractivity contribution in [2.45, 2.75) is 0 Å². The molecule has 0 aliphatic rings. The molecule has 0 aliphatic carbocycles. The zero-order valence-corrected chi connectivity index (χ0v) is 15.4. The molecule has 0 saturated carbocycles. The molecule has 3 nitrogen and oxygen atoms in total. The number of hydrogen-bond acceptors (Lipinski definition) is 3. The van der Waals surface area contributed by atoms with Crippen LogP contribution in [0.1, 0.15) is 10.4 Å². The van der Waals surface area contributed by atoms with Crippen LogP contribution in [0.15, 0.2) is 52.3 Å². The predicted octanol–water partition coefficient (Wildman–Crippen LogP) is 6.13. The summed E-state index contributed by atoms with van der Waals surface area (Å²) in [5, 5.41) is 5.94. The van der Waals surface area contributed by atoms with E-state index in [2.05, 4.69) is 26.2 Å². The van der Waals surface area contributed by atoms with Crippen LogP contribution in [0.2, 0.25) is 10.0 Å². The molecule has 3 aromatic rings. The fourth-order valence-electron chi connectivity index (χ4n) is 1.89. The van der Waals surface area contributed by atoms with Crippen LogP contribution in [0, 0.1) is 0 Å². The third-order valence-electron chi connectivity index (χ3n) is 3.05. The highest BCUT2D eigenvalue weighted by atomic mass is 79.9. The molecular formula is C16H9BrCl2N2OS. The van der Waals surface area contributed by atoms with E-state index >= 15 is 0 Å². The Bertz CT molecular complexity index is 865. The van der Waals surface area contributed by atoms with Gasteiger partial charge in [0.15, 0.2) is 5.13 Å². The molecule has 116 valence electrons. The fourth-order valence-corrected chi connectivity index (χ4v) is 3.17. The molecule has 1 amide bonds. The van der Waals surface area contributed by atoms with Crippen molar-refractivity contribution in [3.63, 3.8) is 0 Å². The summed E-state index contributed by atoms with van der Waals surface area (Å²) in [5.74, 6) is -0.278. The fraction of sp³-hybridized carbons (Fsp3) is 0. The molecule has 0 radical (unpaired) electrons. The molecule has 3 rings (SSSR count). The van der Waals surface area contributed by atoms with E-state index in [1.165, 1.54) is 17.4 Å². The van der Waals surface area contributed by atoms with Crippen molar-refractivity contribution < 1.29 is 4.79 Å². The number of hydrogen-bond donors (Lipinski definition) is 1. The van der Waals surface area contributed by atoms with Gasteiger partial charge >= 0.3 is 0 Å². The van der Waals surface area contributed by atoms with E-state index < -0.39 is 0 Å². The van der Waals surface area contributed by atoms with Crippen LogP contribution in [0.3, 0.4) is 0 Å². The minimum Gasteiger partial charge on any atom is -0.298 e. The van der Waals surface area contributed by atoms with Gasteiger partial charge in [0.25, 0.3) is 5.91 Å². The second-order valence-corrected chi connectivity index (χ2v) is 7.22. The molecule has 0 atom stereocenters. The summed E-state index contributed by atoms with van der Waals surface area (Å²) in [4.78, 5) is 16.6. The van der Waals surface area contributed by atoms with Crippen LogP contribution in [0.25, 0.3) is 11.3 Å². The highest BCUT2D eigenvalue weighted by Gasteiger charge is 2.11. The van der Waals surface area contributed by atoms with Crippen LogP contribution in [0.4, 0.5) is 5.13 Å². The average molecular weight is 428 g/mol. The van der Waals surface area contributed by atoms with Gasteiger partial charge in [0, 0.05) is 21.0 Å². The van der Waals surface area contributed by atoms with Crippen molar-refractivity contribution in [2.75, 3.05) is 5.32 Å². The maximum Gasteiger partial charge on any atom is 0.257 e. The summed E-state index contributed by atoms with van der Waals surface area (Å²) in [6, 6.07) is 12.6. The number of benzene rings is 2. The third kappa shape index (κ3) is 3.93. The lowest BCUT2D eigenvalue weighted by molar-refractivity contribution is 0.102. The van der Waals surface area contributed by atoms with Crippen LogP contribution in [0.5, 0.6) is 0 Å². The number of anilines is 1. The first kappa shape index (κ1) is 16.5. The van der Waals surface area contributed by atoms with E-state index in [1.54, 1.807) is 12.1 Å². The molecule has 0 aliphatic heterocycles. The van der Waals surface area contributed by atoms with Crippen molar-refractivity contribution in [1.82, 2.24) is 4.98 Å². The van der Waals surface area contributed by atoms with Crippen molar-refractivity contribution in [1.29, 1.82) is 0 Å². The zero-order chi connectivity index (χ0) is 16.4. The minimum atomic E-state index is -0.278. The van der Waals surface area contributed by atoms with Crippen LogP contribution in [-0.2, 0) is 0 Å². The summed E-state index contributed by atoms with van der Waals surface area (Å²) in [6.07, 6.45) is 0. The predicted molar refractivity (Wildman–Crippen MR) is 99.7 cm³/mol. The quantitative estimate of drug-likeness (QED) is 0.546. The number of aromatic nitrogens is 1. The average Bonchev–Trinajstić information content (AvgIpc) is 2.99. The first-order valence-electron chi connectivity index (χ1n) is 6.51. The van der Waals surface area contributed by atoms with E-state index in [4.69, 9.17) is 23.2 Å². The Morgan fingerprint density at radius 2 is 1.83 bits per heavy atom. The molecular weight excluding hydrogens is 419 g/mol. The van der Waals surface area contributed by atoms with Gasteiger partial charge in [-0.15, -0.1) is 11.3 Å². The number of rotatable bonds is 3. The number of halogens is 3. The van der Waals surface area contributed by atoms with E-state index in [0.717, 1.165) is 15.7 Å². The van der Waals surface area contributed by atoms with Gasteiger partial charge in [-0.25, -0.2) is 4.98 Å². The Morgan fingerprint density at radius 3 is 2.52 bits per heavy atom. The van der Waals surface area contributed by atoms with Gasteiger partial charge in [0.1, 0.15) is 0 Å². The van der Waals surface area contributed by atoms with E-state index in [0.29, 0.717) is 20.7 Å². The third-order valence-corrected chi connectivity index (χ3v) is 5.07. The van der Waals surface area contributed by atoms with Gasteiger partial charge < -0.3 is 0 Å². The van der Waals surface area contributed by atoms with Crippen molar-refractivity contribution in [2.24, 2.45) is 0 Å². The molecule has 0 bridgehead atoms. The Kier molecular flexibility index (Phi) is 5.02. The second-order valence-electron chi connectivity index (χ2n) is 4.63. The Labute approximate surface area is 155 Å². The molecule has 1 N–H and O–H groups in total. The summed E-state index contributed by atoms with van der Waals surface area (Å²) < 4.78 is 1.00. The van der Waals surface area contributed by atoms with Crippen molar-refractivity contribution in [3.05, 3.63) is 67.9 Å². The van der Waals surface area contributed by atoms with Gasteiger partial charge in [-0.2, -0.15) is 0 Å². The molecule has 1 aromatic heterocycles. The number of carbonyl (C=O) groups is 1. The van der Waals surface area contributed by atoms with Crippen LogP contribution >= 0.6 is 50.5 Å². The molecule has 0 unspecified atom stereocenters. The SMILES string of the molecule is O=C(Nc1nc(-c2ccc(Br)cc2)cs1)c1ccc(Cl)c(Cl)c1. The molecule has 23 heavy (non-hydrogen) atoms. The summed E-state index contributed by atoms with van der Waals surface area (Å²) in [6.45, 7) is 0. The first-order chi connectivity index (χ1) is 11.0. The van der Waals surface area contributed by atoms with E-state index in [-0.39, 0.29) is 5.91 Å². The number of thiazole rings is 1. The van der Waals surface area contributed by atoms with Crippen molar-refractivity contribution >= 4 is 61.5 Å². The lowest BCUT2D eigenvalue weighted by Crippen LogP contribution is -2.11. The van der Waals surface area contributed by atoms with Crippen LogP contribution in [-0.4, -0.2) is 10.9 Å². The highest BCUT2D eigenvalue weighted by Crippen LogP contribution is 2.27. The first-order valence-corrected chi connectivity index (χ1v) is 8.93. The van der Waals surface area contributed by atoms with Gasteiger partial charge in [0.2, 0.25) is 0 Å². The normalized spacial score (nSPS) is 10.6. The molecule has 1 heterocycles. The molecule has 0 spiro atoms. The van der Waals surface area contributed by atoms with E-state index in [9.17, 15) is 4.79 Å². The molecule has 0 saturated heterocycles. The largest absolute Gasteiger partial charge is 0.298 e.